The molecular weight excluding hydrogens is 317 g/mol. The molecule has 18 heavy (non-hydrogen) atoms. The molecule has 0 atom stereocenters. The third kappa shape index (κ3) is 2.15. The molecule has 0 spiro atoms. The number of benzene rings is 1. The van der Waals surface area contributed by atoms with Gasteiger partial charge in [-0.2, -0.15) is 13.2 Å². The van der Waals surface area contributed by atoms with Crippen LogP contribution >= 0.6 is 15.9 Å². The van der Waals surface area contributed by atoms with E-state index in [1.165, 1.54) is 0 Å². The van der Waals surface area contributed by atoms with Crippen LogP contribution < -0.4 is 5.73 Å². The minimum Gasteiger partial charge on any atom is -0.506 e. The van der Waals surface area contributed by atoms with Crippen molar-refractivity contribution in [3.63, 3.8) is 0 Å². The van der Waals surface area contributed by atoms with Crippen LogP contribution in [-0.4, -0.2) is 10.3 Å². The summed E-state index contributed by atoms with van der Waals surface area (Å²) >= 11 is 2.86. The van der Waals surface area contributed by atoms with Gasteiger partial charge in [-0.3, -0.25) is 0 Å². The molecule has 2 rings (SSSR count). The van der Waals surface area contributed by atoms with Gasteiger partial charge in [-0.15, -0.1) is 0 Å². The Kier molecular flexibility index (Phi) is 2.97. The molecule has 0 aliphatic carbocycles. The molecule has 4 nitrogen and oxygen atoms in total. The number of aromatic nitrogens is 1. The molecular formula is C10H6BrF3N2O2. The van der Waals surface area contributed by atoms with E-state index in [9.17, 15) is 18.3 Å². The van der Waals surface area contributed by atoms with E-state index < -0.39 is 11.7 Å². The lowest BCUT2D eigenvalue weighted by molar-refractivity contribution is -0.137. The highest BCUT2D eigenvalue weighted by Gasteiger charge is 2.32. The van der Waals surface area contributed by atoms with Crippen molar-refractivity contribution in [1.29, 1.82) is 0 Å². The minimum atomic E-state index is -4.53. The Morgan fingerprint density at radius 3 is 2.44 bits per heavy atom. The van der Waals surface area contributed by atoms with Crippen molar-refractivity contribution in [2.45, 2.75) is 6.18 Å². The normalized spacial score (nSPS) is 11.8. The molecule has 1 heterocycles. The second-order valence-corrected chi connectivity index (χ2v) is 4.31. The molecule has 2 aromatic rings. The quantitative estimate of drug-likeness (QED) is 0.843. The topological polar surface area (TPSA) is 72.3 Å². The summed E-state index contributed by atoms with van der Waals surface area (Å²) in [6.45, 7) is 0. The van der Waals surface area contributed by atoms with Crippen molar-refractivity contribution in [3.8, 4) is 16.9 Å². The summed E-state index contributed by atoms with van der Waals surface area (Å²) < 4.78 is 42.4. The van der Waals surface area contributed by atoms with Crippen LogP contribution in [0.4, 0.5) is 19.1 Å². The summed E-state index contributed by atoms with van der Waals surface area (Å²) in [5.41, 5.74) is 4.49. The fourth-order valence-electron chi connectivity index (χ4n) is 1.42. The standard InChI is InChI=1S/C10H6BrF3N2O2/c11-7-2-4(10(12,13)14)1-5(8(7)17)6-3-16-18-9(6)15/h1-3,17H,15H2. The number of alkyl halides is 3. The number of hydrogen-bond donors (Lipinski definition) is 2. The van der Waals surface area contributed by atoms with Crippen LogP contribution in [0.1, 0.15) is 5.56 Å². The van der Waals surface area contributed by atoms with E-state index in [0.29, 0.717) is 0 Å². The molecule has 1 aromatic heterocycles. The highest BCUT2D eigenvalue weighted by Crippen LogP contribution is 2.42. The highest BCUT2D eigenvalue weighted by atomic mass is 79.9. The summed E-state index contributed by atoms with van der Waals surface area (Å²) in [6, 6.07) is 1.56. The molecule has 0 fully saturated rings. The molecule has 0 bridgehead atoms. The molecule has 3 N–H and O–H groups in total. The molecule has 0 unspecified atom stereocenters. The Balaban J connectivity index is 2.68. The molecule has 0 radical (unpaired) electrons. The maximum atomic E-state index is 12.6. The Labute approximate surface area is 107 Å². The van der Waals surface area contributed by atoms with Crippen LogP contribution in [0.15, 0.2) is 27.3 Å². The van der Waals surface area contributed by atoms with E-state index in [4.69, 9.17) is 5.73 Å². The summed E-state index contributed by atoms with van der Waals surface area (Å²) in [4.78, 5) is 0. The number of anilines is 1. The minimum absolute atomic E-state index is 0.0899. The molecule has 0 aliphatic heterocycles. The Hall–Kier alpha value is -1.70. The number of rotatable bonds is 1. The second-order valence-electron chi connectivity index (χ2n) is 3.46. The van der Waals surface area contributed by atoms with Crippen molar-refractivity contribution in [2.75, 3.05) is 5.73 Å². The molecule has 0 aliphatic rings. The Morgan fingerprint density at radius 2 is 1.94 bits per heavy atom. The maximum absolute atomic E-state index is 12.6. The Morgan fingerprint density at radius 1 is 1.28 bits per heavy atom. The van der Waals surface area contributed by atoms with Gasteiger partial charge in [-0.1, -0.05) is 5.16 Å². The van der Waals surface area contributed by atoms with Crippen LogP contribution in [0, 0.1) is 0 Å². The van der Waals surface area contributed by atoms with Crippen molar-refractivity contribution in [1.82, 2.24) is 5.16 Å². The summed E-state index contributed by atoms with van der Waals surface area (Å²) in [7, 11) is 0. The number of nitrogens with two attached hydrogens (primary N) is 1. The number of aromatic hydroxyl groups is 1. The van der Waals surface area contributed by atoms with Crippen LogP contribution in [-0.2, 0) is 6.18 Å². The highest BCUT2D eigenvalue weighted by molar-refractivity contribution is 9.10. The molecule has 1 aromatic carbocycles. The van der Waals surface area contributed by atoms with Crippen LogP contribution in [0.25, 0.3) is 11.1 Å². The lowest BCUT2D eigenvalue weighted by Crippen LogP contribution is -2.05. The van der Waals surface area contributed by atoms with E-state index in [1.54, 1.807) is 0 Å². The predicted octanol–water partition coefficient (Wildman–Crippen LogP) is 3.41. The molecule has 0 saturated carbocycles. The van der Waals surface area contributed by atoms with Crippen LogP contribution in [0.2, 0.25) is 0 Å². The van der Waals surface area contributed by atoms with Gasteiger partial charge in [0.25, 0.3) is 0 Å². The first-order valence-corrected chi connectivity index (χ1v) is 5.40. The number of nitrogen functional groups attached to an aromatic ring is 1. The zero-order valence-corrected chi connectivity index (χ0v) is 10.2. The average molecular weight is 323 g/mol. The van der Waals surface area contributed by atoms with Crippen molar-refractivity contribution < 1.29 is 22.8 Å². The summed E-state index contributed by atoms with van der Waals surface area (Å²) in [6.07, 6.45) is -3.39. The fourth-order valence-corrected chi connectivity index (χ4v) is 1.88. The van der Waals surface area contributed by atoms with Gasteiger partial charge in [0.2, 0.25) is 5.88 Å². The number of nitrogens with zero attached hydrogens (tertiary/aromatic N) is 1. The largest absolute Gasteiger partial charge is 0.506 e. The van der Waals surface area contributed by atoms with Gasteiger partial charge in [0.05, 0.1) is 21.8 Å². The van der Waals surface area contributed by atoms with Gasteiger partial charge >= 0.3 is 6.18 Å². The second kappa shape index (κ2) is 4.20. The number of phenolic OH excluding ortho intramolecular Hbond substituents is 1. The van der Waals surface area contributed by atoms with Crippen LogP contribution in [0.3, 0.4) is 0 Å². The van der Waals surface area contributed by atoms with E-state index in [1.807, 2.05) is 0 Å². The van der Waals surface area contributed by atoms with Gasteiger partial charge in [0.1, 0.15) is 5.75 Å². The summed E-state index contributed by atoms with van der Waals surface area (Å²) in [5, 5.41) is 13.1. The fraction of sp³-hybridized carbons (Fsp3) is 0.100. The van der Waals surface area contributed by atoms with Crippen molar-refractivity contribution in [2.24, 2.45) is 0 Å². The monoisotopic (exact) mass is 322 g/mol. The lowest BCUT2D eigenvalue weighted by atomic mass is 10.0. The number of phenols is 1. The molecule has 0 amide bonds. The van der Waals surface area contributed by atoms with Gasteiger partial charge < -0.3 is 15.4 Å². The first kappa shape index (κ1) is 12.7. The smallest absolute Gasteiger partial charge is 0.416 e. The van der Waals surface area contributed by atoms with Crippen LogP contribution in [0.5, 0.6) is 5.75 Å². The molecule has 0 saturated heterocycles. The first-order chi connectivity index (χ1) is 8.30. The molecule has 96 valence electrons. The van der Waals surface area contributed by atoms with Gasteiger partial charge in [-0.05, 0) is 28.1 Å². The lowest BCUT2D eigenvalue weighted by Gasteiger charge is -2.11. The summed E-state index contributed by atoms with van der Waals surface area (Å²) in [5.74, 6) is -0.533. The van der Waals surface area contributed by atoms with Gasteiger partial charge in [0, 0.05) is 5.56 Å². The zero-order valence-electron chi connectivity index (χ0n) is 8.62. The number of hydrogen-bond acceptors (Lipinski definition) is 4. The van der Waals surface area contributed by atoms with E-state index in [2.05, 4.69) is 25.6 Å². The first-order valence-electron chi connectivity index (χ1n) is 4.61. The van der Waals surface area contributed by atoms with E-state index >= 15 is 0 Å². The third-order valence-electron chi connectivity index (χ3n) is 2.28. The molecule has 8 heteroatoms. The van der Waals surface area contributed by atoms with Crippen molar-refractivity contribution >= 4 is 21.8 Å². The van der Waals surface area contributed by atoms with E-state index in [0.717, 1.165) is 18.3 Å². The van der Waals surface area contributed by atoms with Gasteiger partial charge in [-0.25, -0.2) is 0 Å². The Bertz CT molecular complexity index is 595. The maximum Gasteiger partial charge on any atom is 0.416 e. The predicted molar refractivity (Wildman–Crippen MR) is 60.7 cm³/mol. The zero-order chi connectivity index (χ0) is 13.5. The third-order valence-corrected chi connectivity index (χ3v) is 2.88. The van der Waals surface area contributed by atoms with Crippen molar-refractivity contribution in [3.05, 3.63) is 28.4 Å². The average Bonchev–Trinajstić information content (AvgIpc) is 2.67. The number of halogens is 4. The van der Waals surface area contributed by atoms with E-state index in [-0.39, 0.29) is 27.2 Å². The SMILES string of the molecule is Nc1oncc1-c1cc(C(F)(F)F)cc(Br)c1O. The van der Waals surface area contributed by atoms with Gasteiger partial charge in [0.15, 0.2) is 0 Å².